The number of pyridine rings is 1. The minimum atomic E-state index is -0.294. The van der Waals surface area contributed by atoms with E-state index in [1.807, 2.05) is 0 Å². The molecule has 0 fully saturated rings. The van der Waals surface area contributed by atoms with Gasteiger partial charge in [0.2, 0.25) is 0 Å². The summed E-state index contributed by atoms with van der Waals surface area (Å²) in [6.45, 7) is 3.75. The number of hydrogen-bond acceptors (Lipinski definition) is 4. The summed E-state index contributed by atoms with van der Waals surface area (Å²) < 4.78 is 4.85. The van der Waals surface area contributed by atoms with Gasteiger partial charge in [0.15, 0.2) is 0 Å². The van der Waals surface area contributed by atoms with Gasteiger partial charge < -0.3 is 15.4 Å². The molecule has 5 nitrogen and oxygen atoms in total. The first-order chi connectivity index (χ1) is 8.69. The smallest absolute Gasteiger partial charge is 0.271 e. The summed E-state index contributed by atoms with van der Waals surface area (Å²) >= 11 is 5.96. The van der Waals surface area contributed by atoms with Crippen LogP contribution in [-0.2, 0) is 4.74 Å². The number of rotatable bonds is 7. The highest BCUT2D eigenvalue weighted by atomic mass is 35.5. The van der Waals surface area contributed by atoms with Crippen molar-refractivity contribution in [1.29, 1.82) is 0 Å². The third kappa shape index (κ3) is 4.50. The van der Waals surface area contributed by atoms with Crippen LogP contribution in [-0.4, -0.2) is 37.7 Å². The molecule has 1 rings (SSSR count). The second-order valence-electron chi connectivity index (χ2n) is 3.70. The van der Waals surface area contributed by atoms with Crippen molar-refractivity contribution in [2.75, 3.05) is 32.1 Å². The lowest BCUT2D eigenvalue weighted by atomic mass is 10.3. The first kappa shape index (κ1) is 14.7. The molecule has 100 valence electrons. The van der Waals surface area contributed by atoms with Gasteiger partial charge >= 0.3 is 0 Å². The Morgan fingerprint density at radius 2 is 2.22 bits per heavy atom. The quantitative estimate of drug-likeness (QED) is 0.744. The summed E-state index contributed by atoms with van der Waals surface area (Å²) in [6, 6.07) is 3.42. The van der Waals surface area contributed by atoms with Crippen LogP contribution in [0, 0.1) is 0 Å². The van der Waals surface area contributed by atoms with E-state index in [0.29, 0.717) is 24.0 Å². The van der Waals surface area contributed by atoms with E-state index in [-0.39, 0.29) is 11.6 Å². The first-order valence-electron chi connectivity index (χ1n) is 5.86. The summed E-state index contributed by atoms with van der Waals surface area (Å²) in [5.74, 6) is 0.357. The Labute approximate surface area is 112 Å². The fourth-order valence-electron chi connectivity index (χ4n) is 1.30. The summed E-state index contributed by atoms with van der Waals surface area (Å²) in [7, 11) is 1.58. The number of hydrogen-bond donors (Lipinski definition) is 2. The van der Waals surface area contributed by atoms with Gasteiger partial charge in [-0.2, -0.15) is 0 Å². The van der Waals surface area contributed by atoms with E-state index in [1.165, 1.54) is 0 Å². The summed E-state index contributed by atoms with van der Waals surface area (Å²) in [5, 5.41) is 6.13. The van der Waals surface area contributed by atoms with Gasteiger partial charge in [0.05, 0.1) is 11.6 Å². The first-order valence-corrected chi connectivity index (χ1v) is 6.24. The van der Waals surface area contributed by atoms with Crippen LogP contribution in [0.15, 0.2) is 12.1 Å². The lowest BCUT2D eigenvalue weighted by molar-refractivity contribution is 0.0932. The number of ether oxygens (including phenoxy) is 1. The number of carbonyl (C=O) groups excluding carboxylic acids is 1. The van der Waals surface area contributed by atoms with E-state index < -0.39 is 0 Å². The average Bonchev–Trinajstić information content (AvgIpc) is 2.38. The Bertz CT molecular complexity index is 399. The minimum absolute atomic E-state index is 0.230. The zero-order valence-corrected chi connectivity index (χ0v) is 11.4. The van der Waals surface area contributed by atoms with Crippen LogP contribution >= 0.6 is 11.6 Å². The van der Waals surface area contributed by atoms with E-state index in [4.69, 9.17) is 16.3 Å². The Hall–Kier alpha value is -1.33. The molecule has 1 heterocycles. The minimum Gasteiger partial charge on any atom is -0.383 e. The van der Waals surface area contributed by atoms with Crippen molar-refractivity contribution in [2.24, 2.45) is 0 Å². The van der Waals surface area contributed by atoms with Crippen molar-refractivity contribution in [3.05, 3.63) is 22.8 Å². The molecule has 0 saturated heterocycles. The molecule has 0 saturated carbocycles. The molecule has 0 unspecified atom stereocenters. The van der Waals surface area contributed by atoms with Crippen LogP contribution in [0.2, 0.25) is 5.02 Å². The maximum atomic E-state index is 11.8. The highest BCUT2D eigenvalue weighted by Gasteiger charge is 2.12. The molecular formula is C12H18ClN3O2. The number of methoxy groups -OCH3 is 1. The van der Waals surface area contributed by atoms with Crippen LogP contribution in [0.4, 0.5) is 5.82 Å². The molecule has 0 spiro atoms. The molecule has 2 N–H and O–H groups in total. The van der Waals surface area contributed by atoms with Gasteiger partial charge in [-0.3, -0.25) is 4.79 Å². The van der Waals surface area contributed by atoms with Crippen molar-refractivity contribution in [1.82, 2.24) is 10.3 Å². The Morgan fingerprint density at radius 3 is 2.89 bits per heavy atom. The largest absolute Gasteiger partial charge is 0.383 e. The molecule has 6 heteroatoms. The van der Waals surface area contributed by atoms with Crippen molar-refractivity contribution in [3.8, 4) is 0 Å². The van der Waals surface area contributed by atoms with Crippen molar-refractivity contribution < 1.29 is 9.53 Å². The molecule has 1 aromatic rings. The van der Waals surface area contributed by atoms with Crippen LogP contribution in [0.1, 0.15) is 23.8 Å². The molecule has 0 atom stereocenters. The number of carbonyl (C=O) groups is 1. The zero-order chi connectivity index (χ0) is 13.4. The van der Waals surface area contributed by atoms with Crippen LogP contribution in [0.5, 0.6) is 0 Å². The lowest BCUT2D eigenvalue weighted by Gasteiger charge is -2.08. The van der Waals surface area contributed by atoms with Gasteiger partial charge in [0.1, 0.15) is 11.5 Å². The number of amides is 1. The van der Waals surface area contributed by atoms with E-state index in [1.54, 1.807) is 19.2 Å². The highest BCUT2D eigenvalue weighted by molar-refractivity contribution is 6.33. The van der Waals surface area contributed by atoms with E-state index in [0.717, 1.165) is 13.0 Å². The zero-order valence-electron chi connectivity index (χ0n) is 10.6. The molecule has 1 aromatic heterocycles. The third-order valence-electron chi connectivity index (χ3n) is 2.21. The molecule has 0 radical (unpaired) electrons. The SMILES string of the molecule is CCCNc1ccc(Cl)c(C(=O)NCCOC)n1. The van der Waals surface area contributed by atoms with Gasteiger partial charge in [-0.05, 0) is 18.6 Å². The van der Waals surface area contributed by atoms with Crippen molar-refractivity contribution in [3.63, 3.8) is 0 Å². The van der Waals surface area contributed by atoms with Crippen LogP contribution in [0.25, 0.3) is 0 Å². The van der Waals surface area contributed by atoms with Crippen molar-refractivity contribution in [2.45, 2.75) is 13.3 Å². The Morgan fingerprint density at radius 1 is 1.44 bits per heavy atom. The van der Waals surface area contributed by atoms with Gasteiger partial charge in [0.25, 0.3) is 5.91 Å². The molecule has 0 aliphatic carbocycles. The Balaban J connectivity index is 2.70. The second kappa shape index (κ2) is 7.89. The van der Waals surface area contributed by atoms with E-state index in [2.05, 4.69) is 22.5 Å². The summed E-state index contributed by atoms with van der Waals surface area (Å²) in [4.78, 5) is 16.0. The molecule has 0 aliphatic heterocycles. The van der Waals surface area contributed by atoms with Gasteiger partial charge in [-0.25, -0.2) is 4.98 Å². The maximum absolute atomic E-state index is 11.8. The molecule has 0 bridgehead atoms. The predicted molar refractivity (Wildman–Crippen MR) is 72.2 cm³/mol. The second-order valence-corrected chi connectivity index (χ2v) is 4.11. The maximum Gasteiger partial charge on any atom is 0.271 e. The molecule has 1 amide bonds. The number of halogens is 1. The summed E-state index contributed by atoms with van der Waals surface area (Å²) in [6.07, 6.45) is 0.986. The monoisotopic (exact) mass is 271 g/mol. The van der Waals surface area contributed by atoms with Crippen molar-refractivity contribution >= 4 is 23.3 Å². The van der Waals surface area contributed by atoms with Gasteiger partial charge in [-0.15, -0.1) is 0 Å². The predicted octanol–water partition coefficient (Wildman–Crippen LogP) is 1.93. The molecule has 0 aromatic carbocycles. The summed E-state index contributed by atoms with van der Waals surface area (Å²) in [5.41, 5.74) is 0.230. The average molecular weight is 272 g/mol. The number of aromatic nitrogens is 1. The molecule has 18 heavy (non-hydrogen) atoms. The number of nitrogens with zero attached hydrogens (tertiary/aromatic N) is 1. The van der Waals surface area contributed by atoms with E-state index in [9.17, 15) is 4.79 Å². The fourth-order valence-corrected chi connectivity index (χ4v) is 1.49. The Kier molecular flexibility index (Phi) is 6.46. The van der Waals surface area contributed by atoms with Crippen LogP contribution in [0.3, 0.4) is 0 Å². The van der Waals surface area contributed by atoms with Gasteiger partial charge in [0, 0.05) is 20.2 Å². The number of anilines is 1. The standard InChI is InChI=1S/C12H18ClN3O2/c1-3-6-14-10-5-4-9(13)11(16-10)12(17)15-7-8-18-2/h4-5H,3,6-8H2,1-2H3,(H,14,16)(H,15,17). The van der Waals surface area contributed by atoms with Crippen LogP contribution < -0.4 is 10.6 Å². The lowest BCUT2D eigenvalue weighted by Crippen LogP contribution is -2.28. The highest BCUT2D eigenvalue weighted by Crippen LogP contribution is 2.16. The number of nitrogens with one attached hydrogen (secondary N) is 2. The normalized spacial score (nSPS) is 10.2. The topological polar surface area (TPSA) is 63.2 Å². The third-order valence-corrected chi connectivity index (χ3v) is 2.51. The molecule has 0 aliphatic rings. The fraction of sp³-hybridized carbons (Fsp3) is 0.500. The van der Waals surface area contributed by atoms with E-state index >= 15 is 0 Å². The molecular weight excluding hydrogens is 254 g/mol. The van der Waals surface area contributed by atoms with Gasteiger partial charge in [-0.1, -0.05) is 18.5 Å².